The summed E-state index contributed by atoms with van der Waals surface area (Å²) in [6.07, 6.45) is -1.17. The highest BCUT2D eigenvalue weighted by Crippen LogP contribution is 2.13. The molecule has 0 saturated heterocycles. The van der Waals surface area contributed by atoms with Crippen molar-refractivity contribution in [2.45, 2.75) is 130 Å². The van der Waals surface area contributed by atoms with Crippen LogP contribution in [0.25, 0.3) is 0 Å². The number of nitrogens with one attached hydrogen (secondary N) is 7. The van der Waals surface area contributed by atoms with E-state index in [1.807, 2.05) is 18.2 Å². The Morgan fingerprint density at radius 2 is 0.758 bits per heavy atom. The standard InChI is InChI=1S/C45H77N7O14/c1-42(2,3)64-38(56)49-24-13-21-46-35(53)18-27-60-31-45(52-41(59)63-30-34-16-11-10-12-17-34,32-61-28-19-36(54)47-22-14-25-50-39(57)65-43(4,5)6)33-62-29-20-37(55)48-23-15-26-51-40(58)66-44(7,8)9/h10-12,16-17H,13-15,18-33H2,1-9H3,(H,46,53)(H,47,54)(H,48,55)(H,49,56)(H,50,57)(H,51,58)(H,52,59). The molecule has 0 aliphatic heterocycles. The molecule has 0 aliphatic carbocycles. The van der Waals surface area contributed by atoms with E-state index >= 15 is 0 Å². The van der Waals surface area contributed by atoms with Gasteiger partial charge in [-0.3, -0.25) is 14.4 Å². The first-order chi connectivity index (χ1) is 31.0. The fourth-order valence-corrected chi connectivity index (χ4v) is 5.23. The van der Waals surface area contributed by atoms with Gasteiger partial charge in [-0.25, -0.2) is 19.2 Å². The van der Waals surface area contributed by atoms with Crippen molar-refractivity contribution < 1.29 is 66.7 Å². The van der Waals surface area contributed by atoms with Gasteiger partial charge in [0.2, 0.25) is 17.7 Å². The van der Waals surface area contributed by atoms with E-state index in [0.717, 1.165) is 5.56 Å². The maximum Gasteiger partial charge on any atom is 0.408 e. The first-order valence-corrected chi connectivity index (χ1v) is 22.4. The van der Waals surface area contributed by atoms with Crippen molar-refractivity contribution in [3.63, 3.8) is 0 Å². The van der Waals surface area contributed by atoms with Gasteiger partial charge in [0, 0.05) is 58.5 Å². The minimum atomic E-state index is -1.41. The summed E-state index contributed by atoms with van der Waals surface area (Å²) in [6, 6.07) is 9.04. The van der Waals surface area contributed by atoms with E-state index < -0.39 is 46.7 Å². The van der Waals surface area contributed by atoms with Gasteiger partial charge in [-0.2, -0.15) is 0 Å². The summed E-state index contributed by atoms with van der Waals surface area (Å²) in [5, 5.41) is 19.0. The second kappa shape index (κ2) is 31.5. The van der Waals surface area contributed by atoms with Gasteiger partial charge in [-0.15, -0.1) is 0 Å². The van der Waals surface area contributed by atoms with Gasteiger partial charge < -0.3 is 70.4 Å². The van der Waals surface area contributed by atoms with Crippen LogP contribution in [0, 0.1) is 0 Å². The predicted molar refractivity (Wildman–Crippen MR) is 244 cm³/mol. The summed E-state index contributed by atoms with van der Waals surface area (Å²) in [7, 11) is 0. The maximum absolute atomic E-state index is 13.3. The largest absolute Gasteiger partial charge is 0.445 e. The molecular weight excluding hydrogens is 863 g/mol. The van der Waals surface area contributed by atoms with Gasteiger partial charge in [0.25, 0.3) is 0 Å². The Hall–Kier alpha value is -5.41. The van der Waals surface area contributed by atoms with Crippen LogP contribution in [0.2, 0.25) is 0 Å². The summed E-state index contributed by atoms with van der Waals surface area (Å²) in [5.74, 6) is -0.920. The first-order valence-electron chi connectivity index (χ1n) is 22.4. The van der Waals surface area contributed by atoms with Crippen LogP contribution in [-0.2, 0) is 54.1 Å². The lowest BCUT2D eigenvalue weighted by molar-refractivity contribution is -0.122. The van der Waals surface area contributed by atoms with Gasteiger partial charge in [-0.05, 0) is 87.1 Å². The Labute approximate surface area is 389 Å². The van der Waals surface area contributed by atoms with Gasteiger partial charge in [0.15, 0.2) is 0 Å². The van der Waals surface area contributed by atoms with E-state index in [1.54, 1.807) is 74.4 Å². The highest BCUT2D eigenvalue weighted by molar-refractivity contribution is 5.77. The molecule has 1 rings (SSSR count). The van der Waals surface area contributed by atoms with Crippen LogP contribution in [0.4, 0.5) is 19.2 Å². The number of rotatable bonds is 30. The van der Waals surface area contributed by atoms with Gasteiger partial charge in [0.1, 0.15) is 28.9 Å². The fourth-order valence-electron chi connectivity index (χ4n) is 5.23. The van der Waals surface area contributed by atoms with Gasteiger partial charge in [-0.1, -0.05) is 30.3 Å². The van der Waals surface area contributed by atoms with E-state index in [4.69, 9.17) is 33.2 Å². The number of alkyl carbamates (subject to hydrolysis) is 4. The van der Waals surface area contributed by atoms with Crippen LogP contribution in [0.5, 0.6) is 0 Å². The SMILES string of the molecule is CC(C)(C)OC(=O)NCCCNC(=O)CCOCC(COCCC(=O)NCCCNC(=O)OC(C)(C)C)(COCCC(=O)NCCCNC(=O)OC(C)(C)C)NC(=O)OCc1ccccc1. The lowest BCUT2D eigenvalue weighted by atomic mass is 10.0. The number of benzene rings is 1. The molecule has 0 aromatic heterocycles. The molecule has 0 saturated carbocycles. The Bertz CT molecular complexity index is 1470. The molecule has 0 unspecified atom stereocenters. The Kier molecular flexibility index (Phi) is 28.0. The van der Waals surface area contributed by atoms with Crippen LogP contribution < -0.4 is 37.2 Å². The van der Waals surface area contributed by atoms with Crippen molar-refractivity contribution in [2.75, 3.05) is 78.9 Å². The summed E-state index contributed by atoms with van der Waals surface area (Å²) in [6.45, 7) is 16.8. The average Bonchev–Trinajstić information content (AvgIpc) is 3.20. The molecule has 0 radical (unpaired) electrons. The normalized spacial score (nSPS) is 11.7. The molecule has 1 aromatic carbocycles. The zero-order chi connectivity index (χ0) is 49.5. The highest BCUT2D eigenvalue weighted by atomic mass is 16.6. The molecule has 7 N–H and O–H groups in total. The second-order valence-electron chi connectivity index (χ2n) is 18.3. The molecule has 0 atom stereocenters. The number of hydrogen-bond acceptors (Lipinski definition) is 14. The van der Waals surface area contributed by atoms with Crippen molar-refractivity contribution in [3.8, 4) is 0 Å². The summed E-state index contributed by atoms with van der Waals surface area (Å²) < 4.78 is 38.9. The number of carbonyl (C=O) groups excluding carboxylic acids is 7. The van der Waals surface area contributed by atoms with Crippen molar-refractivity contribution in [1.82, 2.24) is 37.2 Å². The topological polar surface area (TPSA) is 268 Å². The fraction of sp³-hybridized carbons (Fsp3) is 0.711. The number of carbonyl (C=O) groups is 7. The van der Waals surface area contributed by atoms with Crippen LogP contribution in [0.15, 0.2) is 30.3 Å². The number of hydrogen-bond donors (Lipinski definition) is 7. The zero-order valence-corrected chi connectivity index (χ0v) is 40.5. The third-order valence-corrected chi connectivity index (χ3v) is 8.17. The summed E-state index contributed by atoms with van der Waals surface area (Å²) in [5.41, 5.74) is -2.56. The molecule has 21 nitrogen and oxygen atoms in total. The molecule has 0 bridgehead atoms. The molecule has 0 heterocycles. The van der Waals surface area contributed by atoms with E-state index in [1.165, 1.54) is 0 Å². The lowest BCUT2D eigenvalue weighted by Crippen LogP contribution is -2.59. The van der Waals surface area contributed by atoms with Crippen LogP contribution in [-0.4, -0.2) is 143 Å². The maximum atomic E-state index is 13.3. The third-order valence-electron chi connectivity index (χ3n) is 8.17. The number of amides is 7. The molecule has 0 fully saturated rings. The first kappa shape index (κ1) is 58.6. The second-order valence-corrected chi connectivity index (χ2v) is 18.3. The predicted octanol–water partition coefficient (Wildman–Crippen LogP) is 3.96. The van der Waals surface area contributed by atoms with Crippen LogP contribution in [0.1, 0.15) is 106 Å². The van der Waals surface area contributed by atoms with E-state index in [2.05, 4.69) is 37.2 Å². The molecule has 1 aromatic rings. The molecule has 7 amide bonds. The Morgan fingerprint density at radius 1 is 0.439 bits per heavy atom. The smallest absolute Gasteiger partial charge is 0.408 e. The molecule has 0 aliphatic rings. The molecule has 376 valence electrons. The number of ether oxygens (including phenoxy) is 7. The van der Waals surface area contributed by atoms with Crippen molar-refractivity contribution in [1.29, 1.82) is 0 Å². The van der Waals surface area contributed by atoms with Crippen LogP contribution >= 0.6 is 0 Å². The van der Waals surface area contributed by atoms with E-state index in [0.29, 0.717) is 58.5 Å². The van der Waals surface area contributed by atoms with Crippen molar-refractivity contribution in [2.24, 2.45) is 0 Å². The molecule has 66 heavy (non-hydrogen) atoms. The van der Waals surface area contributed by atoms with Crippen molar-refractivity contribution in [3.05, 3.63) is 35.9 Å². The third kappa shape index (κ3) is 34.0. The Morgan fingerprint density at radius 3 is 1.08 bits per heavy atom. The van der Waals surface area contributed by atoms with Crippen LogP contribution in [0.3, 0.4) is 0 Å². The average molecular weight is 940 g/mol. The summed E-state index contributed by atoms with van der Waals surface area (Å²) >= 11 is 0. The Balaban J connectivity index is 2.89. The summed E-state index contributed by atoms with van der Waals surface area (Å²) in [4.78, 5) is 86.7. The minimum Gasteiger partial charge on any atom is -0.445 e. The van der Waals surface area contributed by atoms with Gasteiger partial charge in [0.05, 0.1) is 39.6 Å². The lowest BCUT2D eigenvalue weighted by Gasteiger charge is -2.33. The van der Waals surface area contributed by atoms with Crippen molar-refractivity contribution >= 4 is 42.1 Å². The molecule has 0 spiro atoms. The zero-order valence-electron chi connectivity index (χ0n) is 40.5. The highest BCUT2D eigenvalue weighted by Gasteiger charge is 2.35. The van der Waals surface area contributed by atoms with Gasteiger partial charge >= 0.3 is 24.4 Å². The quantitative estimate of drug-likeness (QED) is 0.0425. The van der Waals surface area contributed by atoms with E-state index in [9.17, 15) is 33.6 Å². The van der Waals surface area contributed by atoms with E-state index in [-0.39, 0.29) is 83.2 Å². The molecular formula is C45H77N7O14. The monoisotopic (exact) mass is 940 g/mol. The minimum absolute atomic E-state index is 0.0311. The molecule has 21 heteroatoms.